The predicted molar refractivity (Wildman–Crippen MR) is 57.1 cm³/mol. The van der Waals surface area contributed by atoms with Crippen LogP contribution < -0.4 is 0 Å². The van der Waals surface area contributed by atoms with Crippen molar-refractivity contribution in [2.24, 2.45) is 5.92 Å². The Morgan fingerprint density at radius 2 is 2.07 bits per heavy atom. The highest BCUT2D eigenvalue weighted by molar-refractivity contribution is 5.02. The maximum atomic E-state index is 9.87. The first kappa shape index (κ1) is 13.6. The highest BCUT2D eigenvalue weighted by Crippen LogP contribution is 2.15. The number of hydrogen-bond donors (Lipinski definition) is 2. The number of hydrogen-bond acceptors (Lipinski definition) is 3. The molecule has 0 aliphatic heterocycles. The number of aliphatic hydroxyl groups excluding tert-OH is 2. The van der Waals surface area contributed by atoms with E-state index in [0.29, 0.717) is 0 Å². The Hall–Kier alpha value is -0.380. The quantitative estimate of drug-likeness (QED) is 0.639. The minimum Gasteiger partial charge on any atom is -0.392 e. The molecule has 3 nitrogen and oxygen atoms in total. The van der Waals surface area contributed by atoms with Crippen LogP contribution >= 0.6 is 0 Å². The summed E-state index contributed by atoms with van der Waals surface area (Å²) in [7, 11) is 1.60. The first-order valence-electron chi connectivity index (χ1n) is 5.05. The third kappa shape index (κ3) is 4.22. The molecule has 1 unspecified atom stereocenters. The van der Waals surface area contributed by atoms with Crippen molar-refractivity contribution in [3.63, 3.8) is 0 Å². The molecule has 0 radical (unpaired) electrons. The Morgan fingerprint density at radius 1 is 1.50 bits per heavy atom. The molecule has 0 aromatic heterocycles. The molecule has 14 heavy (non-hydrogen) atoms. The summed E-state index contributed by atoms with van der Waals surface area (Å²) < 4.78 is 5.16. The van der Waals surface area contributed by atoms with Gasteiger partial charge in [-0.2, -0.15) is 0 Å². The normalized spacial score (nSPS) is 19.1. The van der Waals surface area contributed by atoms with Crippen molar-refractivity contribution in [2.45, 2.75) is 39.4 Å². The van der Waals surface area contributed by atoms with Gasteiger partial charge in [0.05, 0.1) is 18.8 Å². The SMILES string of the molecule is CC[C@@H](OC)[C@@H](O)C(C)/C=C(/C)CO. The zero-order valence-corrected chi connectivity index (χ0v) is 9.53. The summed E-state index contributed by atoms with van der Waals surface area (Å²) in [5.41, 5.74) is 0.877. The molecular weight excluding hydrogens is 180 g/mol. The lowest BCUT2D eigenvalue weighted by atomic mass is 9.96. The second-order valence-electron chi connectivity index (χ2n) is 3.70. The molecule has 0 saturated carbocycles. The van der Waals surface area contributed by atoms with Crippen molar-refractivity contribution >= 4 is 0 Å². The first-order chi connectivity index (χ1) is 6.56. The maximum Gasteiger partial charge on any atom is 0.0861 e. The van der Waals surface area contributed by atoms with Crippen LogP contribution in [0.15, 0.2) is 11.6 Å². The molecule has 0 aromatic rings. The minimum absolute atomic E-state index is 0.00653. The van der Waals surface area contributed by atoms with Gasteiger partial charge in [-0.05, 0) is 13.3 Å². The standard InChI is InChI=1S/C11H22O3/c1-5-10(14-4)11(13)9(3)6-8(2)7-12/h6,9-13H,5,7H2,1-4H3/b8-6-/t9?,10-,11+/m1/s1. The van der Waals surface area contributed by atoms with Gasteiger partial charge in [0.2, 0.25) is 0 Å². The first-order valence-corrected chi connectivity index (χ1v) is 5.05. The summed E-state index contributed by atoms with van der Waals surface area (Å²) in [4.78, 5) is 0. The third-order valence-electron chi connectivity index (χ3n) is 2.42. The Morgan fingerprint density at radius 3 is 2.43 bits per heavy atom. The number of aliphatic hydroxyl groups is 2. The van der Waals surface area contributed by atoms with Gasteiger partial charge in [0.1, 0.15) is 0 Å². The molecule has 0 aliphatic rings. The van der Waals surface area contributed by atoms with E-state index in [-0.39, 0.29) is 18.6 Å². The van der Waals surface area contributed by atoms with Crippen LogP contribution in [0.25, 0.3) is 0 Å². The highest BCUT2D eigenvalue weighted by atomic mass is 16.5. The molecular formula is C11H22O3. The van der Waals surface area contributed by atoms with Crippen LogP contribution in [0, 0.1) is 5.92 Å². The summed E-state index contributed by atoms with van der Waals surface area (Å²) in [5.74, 6) is 0.00653. The average Bonchev–Trinajstić information content (AvgIpc) is 2.19. The van der Waals surface area contributed by atoms with Crippen molar-refractivity contribution in [3.05, 3.63) is 11.6 Å². The van der Waals surface area contributed by atoms with Crippen LogP contribution in [0.3, 0.4) is 0 Å². The van der Waals surface area contributed by atoms with Crippen molar-refractivity contribution in [2.75, 3.05) is 13.7 Å². The van der Waals surface area contributed by atoms with Crippen molar-refractivity contribution in [1.29, 1.82) is 0 Å². The summed E-state index contributed by atoms with van der Waals surface area (Å²) in [6.07, 6.45) is 2.03. The fraction of sp³-hybridized carbons (Fsp3) is 0.818. The molecule has 0 amide bonds. The van der Waals surface area contributed by atoms with E-state index in [0.717, 1.165) is 12.0 Å². The zero-order chi connectivity index (χ0) is 11.1. The molecule has 0 bridgehead atoms. The smallest absolute Gasteiger partial charge is 0.0861 e. The third-order valence-corrected chi connectivity index (χ3v) is 2.42. The number of rotatable bonds is 6. The predicted octanol–water partition coefficient (Wildman–Crippen LogP) is 1.35. The monoisotopic (exact) mass is 202 g/mol. The van der Waals surface area contributed by atoms with Crippen LogP contribution in [-0.2, 0) is 4.74 Å². The summed E-state index contributed by atoms with van der Waals surface area (Å²) >= 11 is 0. The summed E-state index contributed by atoms with van der Waals surface area (Å²) in [6.45, 7) is 5.79. The van der Waals surface area contributed by atoms with Gasteiger partial charge in [-0.3, -0.25) is 0 Å². The Bertz CT molecular complexity index is 173. The van der Waals surface area contributed by atoms with E-state index in [1.807, 2.05) is 26.8 Å². The molecule has 0 heterocycles. The van der Waals surface area contributed by atoms with Gasteiger partial charge in [0.15, 0.2) is 0 Å². The average molecular weight is 202 g/mol. The second-order valence-corrected chi connectivity index (χ2v) is 3.70. The maximum absolute atomic E-state index is 9.87. The Labute approximate surface area is 86.4 Å². The summed E-state index contributed by atoms with van der Waals surface area (Å²) in [5, 5.41) is 18.7. The van der Waals surface area contributed by atoms with Crippen LogP contribution in [0.5, 0.6) is 0 Å². The van der Waals surface area contributed by atoms with Crippen LogP contribution in [0.2, 0.25) is 0 Å². The van der Waals surface area contributed by atoms with E-state index in [1.165, 1.54) is 0 Å². The Kier molecular flexibility index (Phi) is 6.79. The molecule has 0 fully saturated rings. The molecule has 0 rings (SSSR count). The second kappa shape index (κ2) is 6.98. The zero-order valence-electron chi connectivity index (χ0n) is 9.53. The fourth-order valence-corrected chi connectivity index (χ4v) is 1.49. The van der Waals surface area contributed by atoms with Gasteiger partial charge >= 0.3 is 0 Å². The largest absolute Gasteiger partial charge is 0.392 e. The number of ether oxygens (including phenoxy) is 1. The fourth-order valence-electron chi connectivity index (χ4n) is 1.49. The van der Waals surface area contributed by atoms with E-state index in [1.54, 1.807) is 7.11 Å². The van der Waals surface area contributed by atoms with Crippen molar-refractivity contribution in [3.8, 4) is 0 Å². The lowest BCUT2D eigenvalue weighted by Gasteiger charge is -2.24. The van der Waals surface area contributed by atoms with Gasteiger partial charge < -0.3 is 14.9 Å². The molecule has 84 valence electrons. The lowest BCUT2D eigenvalue weighted by Crippen LogP contribution is -2.32. The van der Waals surface area contributed by atoms with E-state index < -0.39 is 6.10 Å². The van der Waals surface area contributed by atoms with Crippen molar-refractivity contribution in [1.82, 2.24) is 0 Å². The van der Waals surface area contributed by atoms with Gasteiger partial charge in [-0.25, -0.2) is 0 Å². The molecule has 0 spiro atoms. The molecule has 0 aliphatic carbocycles. The molecule has 0 saturated heterocycles. The number of methoxy groups -OCH3 is 1. The van der Waals surface area contributed by atoms with Crippen molar-refractivity contribution < 1.29 is 14.9 Å². The van der Waals surface area contributed by atoms with Crippen LogP contribution in [-0.4, -0.2) is 36.1 Å². The molecule has 3 heteroatoms. The summed E-state index contributed by atoms with van der Waals surface area (Å²) in [6, 6.07) is 0. The van der Waals surface area contributed by atoms with E-state index in [9.17, 15) is 5.11 Å². The van der Waals surface area contributed by atoms with E-state index in [2.05, 4.69) is 0 Å². The van der Waals surface area contributed by atoms with Gasteiger partial charge in [-0.1, -0.05) is 25.5 Å². The van der Waals surface area contributed by atoms with Gasteiger partial charge in [-0.15, -0.1) is 0 Å². The Balaban J connectivity index is 4.29. The van der Waals surface area contributed by atoms with Crippen LogP contribution in [0.1, 0.15) is 27.2 Å². The molecule has 2 N–H and O–H groups in total. The lowest BCUT2D eigenvalue weighted by molar-refractivity contribution is -0.0302. The topological polar surface area (TPSA) is 49.7 Å². The molecule has 3 atom stereocenters. The van der Waals surface area contributed by atoms with Gasteiger partial charge in [0.25, 0.3) is 0 Å². The van der Waals surface area contributed by atoms with Crippen LogP contribution in [0.4, 0.5) is 0 Å². The highest BCUT2D eigenvalue weighted by Gasteiger charge is 2.21. The molecule has 0 aromatic carbocycles. The van der Waals surface area contributed by atoms with E-state index in [4.69, 9.17) is 9.84 Å². The van der Waals surface area contributed by atoms with Gasteiger partial charge in [0, 0.05) is 13.0 Å². The minimum atomic E-state index is -0.508. The van der Waals surface area contributed by atoms with E-state index >= 15 is 0 Å².